The Labute approximate surface area is 134 Å². The molecule has 0 saturated carbocycles. The monoisotopic (exact) mass is 331 g/mol. The summed E-state index contributed by atoms with van der Waals surface area (Å²) >= 11 is 0. The van der Waals surface area contributed by atoms with E-state index >= 15 is 0 Å². The van der Waals surface area contributed by atoms with Crippen molar-refractivity contribution in [2.24, 2.45) is 0 Å². The largest absolute Gasteiger partial charge is 0.495 e. The van der Waals surface area contributed by atoms with Crippen LogP contribution >= 0.6 is 0 Å². The van der Waals surface area contributed by atoms with Gasteiger partial charge in [-0.15, -0.1) is 0 Å². The number of ether oxygens (including phenoxy) is 1. The number of benzene rings is 1. The molecule has 120 valence electrons. The second kappa shape index (κ2) is 5.58. The number of imidazole rings is 1. The first-order valence-electron chi connectivity index (χ1n) is 7.01. The molecule has 0 atom stereocenters. The first-order valence-corrected chi connectivity index (χ1v) is 8.50. The molecule has 3 rings (SSSR count). The summed E-state index contributed by atoms with van der Waals surface area (Å²) in [5.74, 6) is 0.323. The van der Waals surface area contributed by atoms with Gasteiger partial charge in [-0.1, -0.05) is 0 Å². The van der Waals surface area contributed by atoms with E-state index in [1.807, 2.05) is 13.8 Å². The molecule has 0 unspecified atom stereocenters. The molecule has 23 heavy (non-hydrogen) atoms. The molecular weight excluding hydrogens is 314 g/mol. The molecular formula is C16H17N3O3S. The van der Waals surface area contributed by atoms with Gasteiger partial charge in [0.2, 0.25) is 0 Å². The highest BCUT2D eigenvalue weighted by atomic mass is 32.2. The molecule has 0 aliphatic carbocycles. The number of anilines is 1. The molecule has 0 amide bonds. The van der Waals surface area contributed by atoms with Crippen molar-refractivity contribution in [1.82, 2.24) is 9.38 Å². The molecule has 7 heteroatoms. The van der Waals surface area contributed by atoms with E-state index in [1.54, 1.807) is 47.3 Å². The molecule has 0 fully saturated rings. The van der Waals surface area contributed by atoms with Gasteiger partial charge in [-0.25, -0.2) is 13.4 Å². The van der Waals surface area contributed by atoms with Gasteiger partial charge in [0, 0.05) is 18.6 Å². The van der Waals surface area contributed by atoms with Gasteiger partial charge in [0.1, 0.15) is 16.3 Å². The number of sulfonamides is 1. The van der Waals surface area contributed by atoms with Crippen LogP contribution in [0, 0.1) is 13.8 Å². The molecule has 3 aromatic rings. The molecule has 0 radical (unpaired) electrons. The van der Waals surface area contributed by atoms with E-state index in [2.05, 4.69) is 9.71 Å². The fourth-order valence-electron chi connectivity index (χ4n) is 2.32. The van der Waals surface area contributed by atoms with Gasteiger partial charge in [-0.3, -0.25) is 4.72 Å². The van der Waals surface area contributed by atoms with Crippen molar-refractivity contribution in [3.8, 4) is 5.75 Å². The number of nitrogens with one attached hydrogen (secondary N) is 1. The third-order valence-corrected chi connectivity index (χ3v) is 5.11. The zero-order chi connectivity index (χ0) is 16.6. The van der Waals surface area contributed by atoms with Crippen molar-refractivity contribution < 1.29 is 13.2 Å². The normalized spacial score (nSPS) is 11.6. The molecule has 1 aromatic carbocycles. The third-order valence-electron chi connectivity index (χ3n) is 3.71. The Hall–Kier alpha value is -2.54. The average molecular weight is 331 g/mol. The lowest BCUT2D eigenvalue weighted by atomic mass is 10.1. The minimum atomic E-state index is -3.76. The van der Waals surface area contributed by atoms with E-state index in [9.17, 15) is 8.42 Å². The van der Waals surface area contributed by atoms with Crippen LogP contribution in [0.4, 0.5) is 5.69 Å². The Kier molecular flexibility index (Phi) is 3.73. The second-order valence-corrected chi connectivity index (χ2v) is 6.95. The Morgan fingerprint density at radius 1 is 1.17 bits per heavy atom. The molecule has 2 aromatic heterocycles. The van der Waals surface area contributed by atoms with E-state index in [0.29, 0.717) is 11.4 Å². The van der Waals surface area contributed by atoms with E-state index in [0.717, 1.165) is 16.8 Å². The zero-order valence-corrected chi connectivity index (χ0v) is 13.9. The molecule has 0 aliphatic heterocycles. The van der Waals surface area contributed by atoms with E-state index in [-0.39, 0.29) is 4.90 Å². The van der Waals surface area contributed by atoms with Crippen LogP contribution < -0.4 is 9.46 Å². The van der Waals surface area contributed by atoms with Crippen LogP contribution in [0.2, 0.25) is 0 Å². The van der Waals surface area contributed by atoms with Crippen LogP contribution in [0.15, 0.2) is 47.8 Å². The summed E-state index contributed by atoms with van der Waals surface area (Å²) in [6, 6.07) is 6.76. The van der Waals surface area contributed by atoms with Crippen LogP contribution in [0.3, 0.4) is 0 Å². The van der Waals surface area contributed by atoms with Crippen LogP contribution in [0.1, 0.15) is 11.1 Å². The summed E-state index contributed by atoms with van der Waals surface area (Å²) in [7, 11) is -2.30. The van der Waals surface area contributed by atoms with Gasteiger partial charge < -0.3 is 9.14 Å². The van der Waals surface area contributed by atoms with Gasteiger partial charge >= 0.3 is 0 Å². The first-order chi connectivity index (χ1) is 10.9. The smallest absolute Gasteiger partial charge is 0.265 e. The third kappa shape index (κ3) is 2.87. The lowest BCUT2D eigenvalue weighted by molar-refractivity contribution is 0.402. The number of nitrogens with zero attached hydrogens (tertiary/aromatic N) is 2. The predicted octanol–water partition coefficient (Wildman–Crippen LogP) is 2.76. The van der Waals surface area contributed by atoms with Crippen molar-refractivity contribution in [1.29, 1.82) is 0 Å². The van der Waals surface area contributed by atoms with Crippen molar-refractivity contribution in [2.75, 3.05) is 11.8 Å². The minimum absolute atomic E-state index is 0.119. The highest BCUT2D eigenvalue weighted by molar-refractivity contribution is 7.92. The van der Waals surface area contributed by atoms with Crippen LogP contribution in [0.25, 0.3) is 5.65 Å². The summed E-state index contributed by atoms with van der Waals surface area (Å²) in [6.07, 6.45) is 5.08. The van der Waals surface area contributed by atoms with Crippen molar-refractivity contribution in [3.63, 3.8) is 0 Å². The molecule has 0 saturated heterocycles. The number of hydrogen-bond donors (Lipinski definition) is 1. The van der Waals surface area contributed by atoms with Gasteiger partial charge in [-0.2, -0.15) is 0 Å². The summed E-state index contributed by atoms with van der Waals surface area (Å²) in [4.78, 5) is 4.25. The summed E-state index contributed by atoms with van der Waals surface area (Å²) in [6.45, 7) is 3.78. The fraction of sp³-hybridized carbons (Fsp3) is 0.188. The maximum absolute atomic E-state index is 12.7. The summed E-state index contributed by atoms with van der Waals surface area (Å²) in [5.41, 5.74) is 3.06. The van der Waals surface area contributed by atoms with Gasteiger partial charge in [-0.05, 0) is 49.2 Å². The molecule has 2 heterocycles. The van der Waals surface area contributed by atoms with Crippen molar-refractivity contribution in [2.45, 2.75) is 18.7 Å². The predicted molar refractivity (Wildman–Crippen MR) is 88.5 cm³/mol. The summed E-state index contributed by atoms with van der Waals surface area (Å²) < 4.78 is 35.0. The molecule has 0 aliphatic rings. The standard InChI is InChI=1S/C16H17N3O3S/c1-11-8-14(22-3)15(9-12(11)2)23(20,21)18-13-4-5-16-17-6-7-19(16)10-13/h4-10,18H,1-3H3. The number of methoxy groups -OCH3 is 1. The summed E-state index contributed by atoms with van der Waals surface area (Å²) in [5, 5.41) is 0. The number of aromatic nitrogens is 2. The average Bonchev–Trinajstić information content (AvgIpc) is 2.96. The fourth-order valence-corrected chi connectivity index (χ4v) is 3.60. The van der Waals surface area contributed by atoms with Crippen LogP contribution in [-0.4, -0.2) is 24.9 Å². The Balaban J connectivity index is 2.02. The van der Waals surface area contributed by atoms with Gasteiger partial charge in [0.15, 0.2) is 0 Å². The number of hydrogen-bond acceptors (Lipinski definition) is 4. The molecule has 0 spiro atoms. The Morgan fingerprint density at radius 3 is 2.65 bits per heavy atom. The zero-order valence-electron chi connectivity index (χ0n) is 13.1. The quantitative estimate of drug-likeness (QED) is 0.798. The lowest BCUT2D eigenvalue weighted by Crippen LogP contribution is -2.15. The lowest BCUT2D eigenvalue weighted by Gasteiger charge is -2.14. The van der Waals surface area contributed by atoms with Crippen LogP contribution in [0.5, 0.6) is 5.75 Å². The number of pyridine rings is 1. The molecule has 1 N–H and O–H groups in total. The van der Waals surface area contributed by atoms with E-state index in [1.165, 1.54) is 7.11 Å². The highest BCUT2D eigenvalue weighted by Crippen LogP contribution is 2.29. The molecule has 0 bridgehead atoms. The van der Waals surface area contributed by atoms with Gasteiger partial charge in [0.25, 0.3) is 10.0 Å². The highest BCUT2D eigenvalue weighted by Gasteiger charge is 2.21. The van der Waals surface area contributed by atoms with E-state index in [4.69, 9.17) is 4.74 Å². The Morgan fingerprint density at radius 2 is 1.91 bits per heavy atom. The maximum Gasteiger partial charge on any atom is 0.265 e. The number of aryl methyl sites for hydroxylation is 2. The topological polar surface area (TPSA) is 72.7 Å². The second-order valence-electron chi connectivity index (χ2n) is 5.30. The Bertz CT molecular complexity index is 977. The maximum atomic E-state index is 12.7. The van der Waals surface area contributed by atoms with Crippen molar-refractivity contribution in [3.05, 3.63) is 54.0 Å². The number of fused-ring (bicyclic) bond motifs is 1. The van der Waals surface area contributed by atoms with Gasteiger partial charge in [0.05, 0.1) is 12.8 Å². The first kappa shape index (κ1) is 15.4. The minimum Gasteiger partial charge on any atom is -0.495 e. The number of rotatable bonds is 4. The van der Waals surface area contributed by atoms with E-state index < -0.39 is 10.0 Å². The molecule has 6 nitrogen and oxygen atoms in total. The van der Waals surface area contributed by atoms with Crippen LogP contribution in [-0.2, 0) is 10.0 Å². The SMILES string of the molecule is COc1cc(C)c(C)cc1S(=O)(=O)Nc1ccc2nccn2c1. The van der Waals surface area contributed by atoms with Crippen molar-refractivity contribution >= 4 is 21.4 Å².